The van der Waals surface area contributed by atoms with Crippen molar-refractivity contribution in [3.63, 3.8) is 0 Å². The van der Waals surface area contributed by atoms with Crippen LogP contribution in [0.3, 0.4) is 0 Å². The van der Waals surface area contributed by atoms with Crippen LogP contribution in [0.2, 0.25) is 0 Å². The summed E-state index contributed by atoms with van der Waals surface area (Å²) in [7, 11) is 3.22. The number of carbonyl (C=O) groups is 3. The van der Waals surface area contributed by atoms with E-state index in [1.807, 2.05) is 72.8 Å². The monoisotopic (exact) mass is 573 g/mol. The Labute approximate surface area is 249 Å². The average molecular weight is 574 g/mol. The van der Waals surface area contributed by atoms with E-state index in [1.165, 1.54) is 9.80 Å². The van der Waals surface area contributed by atoms with Gasteiger partial charge < -0.3 is 19.7 Å². The SMILES string of the molecule is CN(C(=O)OC(C)(C)C)C(Cc1ccc2ccccc2c1)C(=O)N(C)[C@H](Cc1ccccc1)C(=O)NC[C@H]1CCCO1. The molecule has 8 nitrogen and oxygen atoms in total. The number of nitrogens with one attached hydrogen (secondary N) is 1. The van der Waals surface area contributed by atoms with E-state index in [4.69, 9.17) is 9.47 Å². The lowest BCUT2D eigenvalue weighted by molar-refractivity contribution is -0.142. The molecule has 3 aromatic carbocycles. The fraction of sp³-hybridized carbons (Fsp3) is 0.441. The number of rotatable bonds is 10. The second-order valence-corrected chi connectivity index (χ2v) is 12.0. The van der Waals surface area contributed by atoms with Crippen molar-refractivity contribution in [2.45, 2.75) is 70.2 Å². The molecule has 0 aliphatic carbocycles. The van der Waals surface area contributed by atoms with Crippen LogP contribution < -0.4 is 5.32 Å². The Bertz CT molecular complexity index is 1360. The largest absolute Gasteiger partial charge is 0.444 e. The summed E-state index contributed by atoms with van der Waals surface area (Å²) in [6, 6.07) is 22.0. The molecule has 0 bridgehead atoms. The first-order valence-electron chi connectivity index (χ1n) is 14.7. The van der Waals surface area contributed by atoms with Gasteiger partial charge in [-0.1, -0.05) is 72.8 Å². The lowest BCUT2D eigenvalue weighted by atomic mass is 9.98. The maximum atomic E-state index is 14.3. The van der Waals surface area contributed by atoms with Gasteiger partial charge in [0.25, 0.3) is 0 Å². The normalized spacial score (nSPS) is 16.5. The first-order valence-corrected chi connectivity index (χ1v) is 14.7. The molecule has 1 fully saturated rings. The van der Waals surface area contributed by atoms with E-state index in [0.29, 0.717) is 19.6 Å². The molecule has 1 saturated heterocycles. The summed E-state index contributed by atoms with van der Waals surface area (Å²) in [6.45, 7) is 6.46. The van der Waals surface area contributed by atoms with Gasteiger partial charge in [0, 0.05) is 40.1 Å². The third kappa shape index (κ3) is 8.32. The van der Waals surface area contributed by atoms with Crippen molar-refractivity contribution in [1.82, 2.24) is 15.1 Å². The Morgan fingerprint density at radius 2 is 1.55 bits per heavy atom. The first kappa shape index (κ1) is 31.0. The Morgan fingerprint density at radius 3 is 2.21 bits per heavy atom. The molecule has 1 N–H and O–H groups in total. The quantitative estimate of drug-likeness (QED) is 0.370. The summed E-state index contributed by atoms with van der Waals surface area (Å²) in [5, 5.41) is 5.15. The van der Waals surface area contributed by atoms with Crippen LogP contribution in [0, 0.1) is 0 Å². The van der Waals surface area contributed by atoms with Crippen LogP contribution >= 0.6 is 0 Å². The van der Waals surface area contributed by atoms with Gasteiger partial charge in [-0.25, -0.2) is 4.79 Å². The van der Waals surface area contributed by atoms with E-state index in [2.05, 4.69) is 5.32 Å². The number of hydrogen-bond acceptors (Lipinski definition) is 5. The Hall–Kier alpha value is -3.91. The van der Waals surface area contributed by atoms with Gasteiger partial charge in [-0.3, -0.25) is 14.5 Å². The number of benzene rings is 3. The summed E-state index contributed by atoms with van der Waals surface area (Å²) < 4.78 is 11.3. The second kappa shape index (κ2) is 13.8. The van der Waals surface area contributed by atoms with Gasteiger partial charge in [0.1, 0.15) is 17.7 Å². The van der Waals surface area contributed by atoms with Crippen molar-refractivity contribution in [2.75, 3.05) is 27.2 Å². The van der Waals surface area contributed by atoms with Gasteiger partial charge in [-0.15, -0.1) is 0 Å². The molecule has 224 valence electrons. The van der Waals surface area contributed by atoms with E-state index >= 15 is 0 Å². The smallest absolute Gasteiger partial charge is 0.410 e. The fourth-order valence-electron chi connectivity index (χ4n) is 5.21. The van der Waals surface area contributed by atoms with Crippen molar-refractivity contribution in [1.29, 1.82) is 0 Å². The molecule has 3 atom stereocenters. The molecule has 3 amide bonds. The number of carbonyl (C=O) groups excluding carboxylic acids is 3. The molecule has 1 unspecified atom stereocenters. The molecule has 3 aromatic rings. The Morgan fingerprint density at radius 1 is 0.881 bits per heavy atom. The third-order valence-electron chi connectivity index (χ3n) is 7.59. The maximum absolute atomic E-state index is 14.3. The molecule has 0 spiro atoms. The van der Waals surface area contributed by atoms with E-state index in [1.54, 1.807) is 34.9 Å². The third-order valence-corrected chi connectivity index (χ3v) is 7.59. The molecule has 42 heavy (non-hydrogen) atoms. The van der Waals surface area contributed by atoms with Crippen molar-refractivity contribution in [3.05, 3.63) is 83.9 Å². The molecular formula is C34H43N3O5. The van der Waals surface area contributed by atoms with Crippen molar-refractivity contribution < 1.29 is 23.9 Å². The molecule has 1 aliphatic rings. The minimum Gasteiger partial charge on any atom is -0.444 e. The van der Waals surface area contributed by atoms with Crippen molar-refractivity contribution >= 4 is 28.7 Å². The molecule has 0 radical (unpaired) electrons. The van der Waals surface area contributed by atoms with Crippen LogP contribution in [0.1, 0.15) is 44.7 Å². The van der Waals surface area contributed by atoms with Crippen LogP contribution in [0.15, 0.2) is 72.8 Å². The number of ether oxygens (including phenoxy) is 2. The summed E-state index contributed by atoms with van der Waals surface area (Å²) >= 11 is 0. The lowest BCUT2D eigenvalue weighted by Gasteiger charge is -2.35. The van der Waals surface area contributed by atoms with Crippen molar-refractivity contribution in [3.8, 4) is 0 Å². The number of nitrogens with zero attached hydrogens (tertiary/aromatic N) is 2. The van der Waals surface area contributed by atoms with Crippen LogP contribution in [-0.4, -0.2) is 78.7 Å². The van der Waals surface area contributed by atoms with Crippen LogP contribution in [0.4, 0.5) is 4.79 Å². The number of hydrogen-bond donors (Lipinski definition) is 1. The molecule has 4 rings (SSSR count). The number of fused-ring (bicyclic) bond motifs is 1. The highest BCUT2D eigenvalue weighted by molar-refractivity contribution is 5.92. The zero-order valence-electron chi connectivity index (χ0n) is 25.3. The summed E-state index contributed by atoms with van der Waals surface area (Å²) in [5.74, 6) is -0.598. The van der Waals surface area contributed by atoms with Gasteiger partial charge in [-0.05, 0) is 55.5 Å². The highest BCUT2D eigenvalue weighted by Gasteiger charge is 2.36. The molecule has 1 heterocycles. The second-order valence-electron chi connectivity index (χ2n) is 12.0. The molecule has 0 saturated carbocycles. The van der Waals surface area contributed by atoms with Gasteiger partial charge in [0.15, 0.2) is 0 Å². The fourth-order valence-corrected chi connectivity index (χ4v) is 5.21. The van der Waals surface area contributed by atoms with Gasteiger partial charge in [0.05, 0.1) is 6.10 Å². The highest BCUT2D eigenvalue weighted by Crippen LogP contribution is 2.21. The lowest BCUT2D eigenvalue weighted by Crippen LogP contribution is -2.56. The van der Waals surface area contributed by atoms with E-state index in [0.717, 1.165) is 34.7 Å². The minimum absolute atomic E-state index is 0.0220. The maximum Gasteiger partial charge on any atom is 0.410 e. The predicted octanol–water partition coefficient (Wildman–Crippen LogP) is 4.98. The average Bonchev–Trinajstić information content (AvgIpc) is 3.50. The zero-order valence-corrected chi connectivity index (χ0v) is 25.3. The Kier molecular flexibility index (Phi) is 10.2. The minimum atomic E-state index is -0.893. The van der Waals surface area contributed by atoms with Crippen LogP contribution in [0.25, 0.3) is 10.8 Å². The molecular weight excluding hydrogens is 530 g/mol. The van der Waals surface area contributed by atoms with Gasteiger partial charge >= 0.3 is 6.09 Å². The molecule has 1 aliphatic heterocycles. The summed E-state index contributed by atoms with van der Waals surface area (Å²) in [4.78, 5) is 43.9. The van der Waals surface area contributed by atoms with Crippen LogP contribution in [-0.2, 0) is 31.9 Å². The Balaban J connectivity index is 1.62. The number of amides is 3. The summed E-state index contributed by atoms with van der Waals surface area (Å²) in [5.41, 5.74) is 1.10. The zero-order chi connectivity index (χ0) is 30.3. The standard InChI is InChI=1S/C34H43N3O5/c1-34(2,3)42-33(40)37(5)30(22-25-17-18-26-14-9-10-15-27(26)20-25)32(39)36(4)29(21-24-12-7-6-8-13-24)31(38)35-23-28-16-11-19-41-28/h6-10,12-15,17-18,20,28-30H,11,16,19,21-23H2,1-5H3,(H,35,38)/t28-,29-,30?/m1/s1. The highest BCUT2D eigenvalue weighted by atomic mass is 16.6. The molecule has 0 aromatic heterocycles. The topological polar surface area (TPSA) is 88.2 Å². The van der Waals surface area contributed by atoms with Crippen molar-refractivity contribution in [2.24, 2.45) is 0 Å². The predicted molar refractivity (Wildman–Crippen MR) is 164 cm³/mol. The summed E-state index contributed by atoms with van der Waals surface area (Å²) in [6.07, 6.45) is 1.84. The van der Waals surface area contributed by atoms with E-state index < -0.39 is 23.8 Å². The van der Waals surface area contributed by atoms with Crippen LogP contribution in [0.5, 0.6) is 0 Å². The van der Waals surface area contributed by atoms with E-state index in [-0.39, 0.29) is 24.3 Å². The first-order chi connectivity index (χ1) is 20.0. The molecule has 8 heteroatoms. The van der Waals surface area contributed by atoms with E-state index in [9.17, 15) is 14.4 Å². The number of likely N-dealkylation sites (N-methyl/N-ethyl adjacent to an activating group) is 2. The van der Waals surface area contributed by atoms with Gasteiger partial charge in [0.2, 0.25) is 11.8 Å². The van der Waals surface area contributed by atoms with Gasteiger partial charge in [-0.2, -0.15) is 0 Å².